The lowest BCUT2D eigenvalue weighted by molar-refractivity contribution is -0.117. The largest absolute Gasteiger partial charge is 0.507 e. The van der Waals surface area contributed by atoms with Crippen LogP contribution in [0.25, 0.3) is 0 Å². The Morgan fingerprint density at radius 2 is 1.71 bits per heavy atom. The maximum atomic E-state index is 11.2. The lowest BCUT2D eigenvalue weighted by Gasteiger charge is -2.34. The highest BCUT2D eigenvalue weighted by Gasteiger charge is 2.31. The lowest BCUT2D eigenvalue weighted by atomic mass is 9.71. The maximum Gasteiger partial charge on any atom is 0.221 e. The number of carbonyl (C=O) groups is 1. The number of phenolic OH excluding ortho intramolecular Hbond substituents is 1. The summed E-state index contributed by atoms with van der Waals surface area (Å²) in [5, 5.41) is 10.6. The summed E-state index contributed by atoms with van der Waals surface area (Å²) in [6.07, 6.45) is 1.13. The van der Waals surface area contributed by atoms with Crippen LogP contribution in [0.2, 0.25) is 0 Å². The fourth-order valence-corrected chi connectivity index (χ4v) is 3.40. The normalized spacial score (nSPS) is 12.5. The van der Waals surface area contributed by atoms with Gasteiger partial charge in [0.15, 0.2) is 0 Å². The molecule has 21 heavy (non-hydrogen) atoms. The van der Waals surface area contributed by atoms with Crippen molar-refractivity contribution in [3.05, 3.63) is 28.3 Å². The molecule has 1 aromatic rings. The molecule has 1 aromatic carbocycles. The predicted molar refractivity (Wildman–Crippen MR) is 87.6 cm³/mol. The maximum absolute atomic E-state index is 11.2. The highest BCUT2D eigenvalue weighted by molar-refractivity contribution is 5.78. The van der Waals surface area contributed by atoms with Crippen LogP contribution in [0.4, 0.5) is 0 Å². The van der Waals surface area contributed by atoms with E-state index in [9.17, 15) is 9.90 Å². The lowest BCUT2D eigenvalue weighted by Crippen LogP contribution is -2.25. The minimum Gasteiger partial charge on any atom is -0.507 e. The first-order chi connectivity index (χ1) is 9.35. The first-order valence-corrected chi connectivity index (χ1v) is 7.46. The summed E-state index contributed by atoms with van der Waals surface area (Å²) in [6.45, 7) is 14.7. The zero-order valence-electron chi connectivity index (χ0n) is 14.4. The molecule has 3 heteroatoms. The molecule has 3 nitrogen and oxygen atoms in total. The molecule has 1 amide bonds. The van der Waals surface area contributed by atoms with Gasteiger partial charge in [-0.05, 0) is 47.8 Å². The highest BCUT2D eigenvalue weighted by Crippen LogP contribution is 2.42. The molecular formula is C18H29NO2. The van der Waals surface area contributed by atoms with Gasteiger partial charge in [0.1, 0.15) is 5.75 Å². The van der Waals surface area contributed by atoms with Gasteiger partial charge in [0.2, 0.25) is 5.91 Å². The molecule has 0 radical (unpaired) electrons. The average molecular weight is 291 g/mol. The van der Waals surface area contributed by atoms with Crippen molar-refractivity contribution in [2.45, 2.75) is 66.7 Å². The van der Waals surface area contributed by atoms with Crippen molar-refractivity contribution in [2.75, 3.05) is 0 Å². The van der Waals surface area contributed by atoms with E-state index in [-0.39, 0.29) is 23.2 Å². The number of hydrogen-bond acceptors (Lipinski definition) is 2. The first-order valence-electron chi connectivity index (χ1n) is 7.46. The Bertz CT molecular complexity index is 551. The van der Waals surface area contributed by atoms with E-state index in [1.807, 2.05) is 19.9 Å². The number of carbonyl (C=O) groups excluding carboxylic acids is 1. The molecule has 0 fully saturated rings. The molecule has 118 valence electrons. The summed E-state index contributed by atoms with van der Waals surface area (Å²) in [7, 11) is 0. The molecule has 3 N–H and O–H groups in total. The quantitative estimate of drug-likeness (QED) is 0.887. The van der Waals surface area contributed by atoms with Crippen LogP contribution in [0.1, 0.15) is 63.3 Å². The average Bonchev–Trinajstić information content (AvgIpc) is 2.25. The number of amides is 1. The molecule has 1 rings (SSSR count). The van der Waals surface area contributed by atoms with E-state index in [1.165, 1.54) is 0 Å². The van der Waals surface area contributed by atoms with E-state index in [0.29, 0.717) is 5.75 Å². The van der Waals surface area contributed by atoms with Crippen molar-refractivity contribution < 1.29 is 9.90 Å². The third kappa shape index (κ3) is 4.23. The van der Waals surface area contributed by atoms with Crippen LogP contribution >= 0.6 is 0 Å². The number of benzene rings is 1. The molecule has 0 heterocycles. The summed E-state index contributed by atoms with van der Waals surface area (Å²) in [6, 6.07) is 2.01. The van der Waals surface area contributed by atoms with Crippen LogP contribution in [0, 0.1) is 19.3 Å². The second-order valence-electron chi connectivity index (χ2n) is 7.96. The van der Waals surface area contributed by atoms with Crippen LogP contribution in [0.15, 0.2) is 6.07 Å². The second kappa shape index (κ2) is 5.70. The van der Waals surface area contributed by atoms with Gasteiger partial charge in [-0.2, -0.15) is 0 Å². The molecule has 0 aliphatic rings. The predicted octanol–water partition coefficient (Wildman–Crippen LogP) is 3.75. The van der Waals surface area contributed by atoms with E-state index < -0.39 is 0 Å². The zero-order valence-corrected chi connectivity index (χ0v) is 14.4. The highest BCUT2D eigenvalue weighted by atomic mass is 16.3. The van der Waals surface area contributed by atoms with Crippen LogP contribution in [-0.2, 0) is 16.6 Å². The standard InChI is InChI=1S/C18H29NO2/c1-11-8-14(18(6,7)10-17(3,4)5)16(21)12(2)13(11)9-15(19)20/h8,21H,9-10H2,1-7H3,(H2,19,20). The van der Waals surface area contributed by atoms with Crippen molar-refractivity contribution in [3.63, 3.8) is 0 Å². The Kier molecular flexibility index (Phi) is 4.76. The summed E-state index contributed by atoms with van der Waals surface area (Å²) < 4.78 is 0. The van der Waals surface area contributed by atoms with Crippen LogP contribution in [-0.4, -0.2) is 11.0 Å². The molecular weight excluding hydrogens is 262 g/mol. The van der Waals surface area contributed by atoms with Crippen molar-refractivity contribution in [1.29, 1.82) is 0 Å². The molecule has 0 unspecified atom stereocenters. The van der Waals surface area contributed by atoms with Gasteiger partial charge >= 0.3 is 0 Å². The Morgan fingerprint density at radius 3 is 2.14 bits per heavy atom. The van der Waals surface area contributed by atoms with Crippen molar-refractivity contribution in [2.24, 2.45) is 11.1 Å². The van der Waals surface area contributed by atoms with Gasteiger partial charge in [0.05, 0.1) is 6.42 Å². The Hall–Kier alpha value is -1.51. The summed E-state index contributed by atoms with van der Waals surface area (Å²) >= 11 is 0. The third-order valence-electron chi connectivity index (χ3n) is 3.95. The SMILES string of the molecule is Cc1cc(C(C)(C)CC(C)(C)C)c(O)c(C)c1CC(N)=O. The molecule has 0 bridgehead atoms. The number of nitrogens with two attached hydrogens (primary N) is 1. The number of rotatable bonds is 4. The van der Waals surface area contributed by atoms with E-state index >= 15 is 0 Å². The fraction of sp³-hybridized carbons (Fsp3) is 0.611. The minimum atomic E-state index is -0.373. The zero-order chi connectivity index (χ0) is 16.6. The number of aromatic hydroxyl groups is 1. The summed E-state index contributed by atoms with van der Waals surface area (Å²) in [5.41, 5.74) is 8.91. The fourth-order valence-electron chi connectivity index (χ4n) is 3.40. The van der Waals surface area contributed by atoms with Gasteiger partial charge < -0.3 is 10.8 Å². The van der Waals surface area contributed by atoms with Crippen molar-refractivity contribution in [3.8, 4) is 5.75 Å². The van der Waals surface area contributed by atoms with Gasteiger partial charge in [-0.1, -0.05) is 40.7 Å². The third-order valence-corrected chi connectivity index (χ3v) is 3.95. The Morgan fingerprint density at radius 1 is 1.19 bits per heavy atom. The number of primary amides is 1. The number of hydrogen-bond donors (Lipinski definition) is 2. The van der Waals surface area contributed by atoms with Crippen LogP contribution < -0.4 is 5.73 Å². The first kappa shape index (κ1) is 17.5. The smallest absolute Gasteiger partial charge is 0.221 e. The molecule has 0 spiro atoms. The van der Waals surface area contributed by atoms with Gasteiger partial charge in [-0.3, -0.25) is 4.79 Å². The minimum absolute atomic E-state index is 0.136. The van der Waals surface area contributed by atoms with E-state index in [1.54, 1.807) is 0 Å². The Balaban J connectivity index is 3.37. The van der Waals surface area contributed by atoms with Crippen molar-refractivity contribution >= 4 is 5.91 Å². The van der Waals surface area contributed by atoms with Crippen LogP contribution in [0.3, 0.4) is 0 Å². The topological polar surface area (TPSA) is 63.3 Å². The summed E-state index contributed by atoms with van der Waals surface area (Å²) in [5.74, 6) is -0.0756. The number of aryl methyl sites for hydroxylation is 1. The van der Waals surface area contributed by atoms with Gasteiger partial charge in [-0.15, -0.1) is 0 Å². The van der Waals surface area contributed by atoms with Crippen LogP contribution in [0.5, 0.6) is 5.75 Å². The molecule has 0 saturated carbocycles. The van der Waals surface area contributed by atoms with E-state index in [2.05, 4.69) is 34.6 Å². The molecule has 0 saturated heterocycles. The summed E-state index contributed by atoms with van der Waals surface area (Å²) in [4.78, 5) is 11.2. The number of phenols is 1. The monoisotopic (exact) mass is 291 g/mol. The van der Waals surface area contributed by atoms with Gasteiger partial charge in [-0.25, -0.2) is 0 Å². The van der Waals surface area contributed by atoms with Crippen molar-refractivity contribution in [1.82, 2.24) is 0 Å². The Labute approximate surface area is 128 Å². The molecule has 0 aromatic heterocycles. The molecule has 0 atom stereocenters. The van der Waals surface area contributed by atoms with E-state index in [4.69, 9.17) is 5.73 Å². The van der Waals surface area contributed by atoms with Gasteiger partial charge in [0.25, 0.3) is 0 Å². The van der Waals surface area contributed by atoms with Gasteiger partial charge in [0, 0.05) is 5.56 Å². The molecule has 0 aliphatic carbocycles. The van der Waals surface area contributed by atoms with E-state index in [0.717, 1.165) is 28.7 Å². The second-order valence-corrected chi connectivity index (χ2v) is 7.96. The molecule has 0 aliphatic heterocycles.